The highest BCUT2D eigenvalue weighted by molar-refractivity contribution is 5.80. The zero-order valence-electron chi connectivity index (χ0n) is 23.0. The molecule has 42 heavy (non-hydrogen) atoms. The molecule has 0 saturated heterocycles. The van der Waals surface area contributed by atoms with Crippen LogP contribution in [-0.2, 0) is 0 Å². The molecule has 0 saturated carbocycles. The summed E-state index contributed by atoms with van der Waals surface area (Å²) < 4.78 is 12.9. The van der Waals surface area contributed by atoms with Crippen LogP contribution in [-0.4, -0.2) is 0 Å². The first kappa shape index (κ1) is 25.4. The standard InChI is InChI=1S/C40H28O2/c1-5-14-29(15-6-1)37-25-35(26-38(41-37)30-16-7-2-8-17-30)33-22-13-23-34(24-33)36-27-39(31-18-9-3-10-19-31)42-40(28-36)32-20-11-4-12-21-32/h1-28H/q+2. The summed E-state index contributed by atoms with van der Waals surface area (Å²) in [5, 5.41) is 0. The van der Waals surface area contributed by atoms with Crippen molar-refractivity contribution in [3.05, 3.63) is 170 Å². The summed E-state index contributed by atoms with van der Waals surface area (Å²) in [4.78, 5) is 0. The minimum absolute atomic E-state index is 0.827. The van der Waals surface area contributed by atoms with Crippen molar-refractivity contribution in [2.45, 2.75) is 0 Å². The maximum atomic E-state index is 6.44. The van der Waals surface area contributed by atoms with Gasteiger partial charge >= 0.3 is 23.0 Å². The Labute approximate surface area is 245 Å². The Morgan fingerprint density at radius 3 is 0.762 bits per heavy atom. The molecule has 0 radical (unpaired) electrons. The van der Waals surface area contributed by atoms with Crippen LogP contribution in [0.2, 0.25) is 0 Å². The second-order valence-corrected chi connectivity index (χ2v) is 10.2. The molecule has 5 aromatic carbocycles. The van der Waals surface area contributed by atoms with E-state index in [0.717, 1.165) is 67.5 Å². The van der Waals surface area contributed by atoms with Gasteiger partial charge in [0.05, 0.1) is 46.5 Å². The molecule has 0 fully saturated rings. The van der Waals surface area contributed by atoms with Crippen LogP contribution < -0.4 is 0 Å². The van der Waals surface area contributed by atoms with Gasteiger partial charge in [-0.3, -0.25) is 0 Å². The molecular formula is C40H28O2+2. The van der Waals surface area contributed by atoms with E-state index < -0.39 is 0 Å². The molecule has 2 aromatic heterocycles. The van der Waals surface area contributed by atoms with Gasteiger partial charge in [-0.05, 0) is 65.7 Å². The van der Waals surface area contributed by atoms with Crippen molar-refractivity contribution in [1.29, 1.82) is 0 Å². The Hall–Kier alpha value is -5.60. The van der Waals surface area contributed by atoms with E-state index in [1.165, 1.54) is 0 Å². The van der Waals surface area contributed by atoms with Gasteiger partial charge in [0.1, 0.15) is 0 Å². The molecule has 0 aliphatic heterocycles. The van der Waals surface area contributed by atoms with Gasteiger partial charge in [0, 0.05) is 11.1 Å². The van der Waals surface area contributed by atoms with Crippen molar-refractivity contribution in [2.75, 3.05) is 0 Å². The van der Waals surface area contributed by atoms with Crippen molar-refractivity contribution < 1.29 is 8.83 Å². The number of benzene rings is 5. The molecular weight excluding hydrogens is 512 g/mol. The largest absolute Gasteiger partial charge is 0.361 e. The van der Waals surface area contributed by atoms with Crippen LogP contribution in [0.25, 0.3) is 67.5 Å². The highest BCUT2D eigenvalue weighted by Gasteiger charge is 2.23. The zero-order chi connectivity index (χ0) is 28.1. The highest BCUT2D eigenvalue weighted by Crippen LogP contribution is 2.37. The number of hydrogen-bond acceptors (Lipinski definition) is 0. The maximum absolute atomic E-state index is 6.44. The second-order valence-electron chi connectivity index (χ2n) is 10.2. The highest BCUT2D eigenvalue weighted by atomic mass is 16.3. The van der Waals surface area contributed by atoms with Crippen LogP contribution in [0, 0.1) is 0 Å². The average Bonchev–Trinajstić information content (AvgIpc) is 3.09. The SMILES string of the molecule is c1ccc(-c2cc(-c3cccc(-c4cc(-c5ccccc5)[o+]c(-c5ccccc5)c4)c3)cc(-c3ccccc3)[o+]2)cc1. The van der Waals surface area contributed by atoms with E-state index in [1.807, 2.05) is 72.8 Å². The Kier molecular flexibility index (Phi) is 6.94. The fraction of sp³-hybridized carbons (Fsp3) is 0. The van der Waals surface area contributed by atoms with E-state index in [9.17, 15) is 0 Å². The third-order valence-corrected chi connectivity index (χ3v) is 7.35. The average molecular weight is 541 g/mol. The Balaban J connectivity index is 1.37. The lowest BCUT2D eigenvalue weighted by atomic mass is 9.96. The molecule has 2 nitrogen and oxygen atoms in total. The second kappa shape index (κ2) is 11.5. The van der Waals surface area contributed by atoms with Crippen molar-refractivity contribution in [3.63, 3.8) is 0 Å². The number of rotatable bonds is 6. The smallest absolute Gasteiger partial charge is 0.207 e. The van der Waals surface area contributed by atoms with Gasteiger partial charge in [-0.2, -0.15) is 0 Å². The summed E-state index contributed by atoms with van der Waals surface area (Å²) in [5.74, 6) is 3.31. The first-order valence-corrected chi connectivity index (χ1v) is 14.1. The van der Waals surface area contributed by atoms with Gasteiger partial charge < -0.3 is 0 Å². The van der Waals surface area contributed by atoms with E-state index in [2.05, 4.69) is 97.1 Å². The van der Waals surface area contributed by atoms with Crippen molar-refractivity contribution in [1.82, 2.24) is 0 Å². The quantitative estimate of drug-likeness (QED) is 0.196. The topological polar surface area (TPSA) is 22.6 Å². The molecule has 0 atom stereocenters. The molecule has 7 aromatic rings. The summed E-state index contributed by atoms with van der Waals surface area (Å²) in [6.45, 7) is 0. The van der Waals surface area contributed by atoms with Crippen LogP contribution >= 0.6 is 0 Å². The molecule has 0 aliphatic rings. The first-order chi connectivity index (χ1) is 20.8. The van der Waals surface area contributed by atoms with Crippen LogP contribution in [0.15, 0.2) is 179 Å². The molecule has 0 unspecified atom stereocenters. The van der Waals surface area contributed by atoms with E-state index in [4.69, 9.17) is 8.83 Å². The molecule has 2 heteroatoms. The van der Waals surface area contributed by atoms with Crippen molar-refractivity contribution >= 4 is 0 Å². The van der Waals surface area contributed by atoms with Gasteiger partial charge in [0.25, 0.3) is 0 Å². The lowest BCUT2D eigenvalue weighted by Gasteiger charge is -2.07. The van der Waals surface area contributed by atoms with Crippen LogP contribution in [0.3, 0.4) is 0 Å². The molecule has 0 amide bonds. The summed E-state index contributed by atoms with van der Waals surface area (Å²) >= 11 is 0. The van der Waals surface area contributed by atoms with E-state index in [1.54, 1.807) is 0 Å². The van der Waals surface area contributed by atoms with Gasteiger partial charge in [-0.15, -0.1) is 0 Å². The lowest BCUT2D eigenvalue weighted by molar-refractivity contribution is 0.582. The van der Waals surface area contributed by atoms with E-state index >= 15 is 0 Å². The Bertz CT molecular complexity index is 1690. The van der Waals surface area contributed by atoms with Crippen LogP contribution in [0.1, 0.15) is 0 Å². The summed E-state index contributed by atoms with van der Waals surface area (Å²) in [5.41, 5.74) is 8.56. The normalized spacial score (nSPS) is 10.9. The fourth-order valence-electron chi connectivity index (χ4n) is 5.19. The predicted molar refractivity (Wildman–Crippen MR) is 172 cm³/mol. The minimum Gasteiger partial charge on any atom is -0.207 e. The van der Waals surface area contributed by atoms with Gasteiger partial charge in [-0.25, -0.2) is 8.83 Å². The third-order valence-electron chi connectivity index (χ3n) is 7.35. The van der Waals surface area contributed by atoms with E-state index in [0.29, 0.717) is 0 Å². The maximum Gasteiger partial charge on any atom is 0.361 e. The van der Waals surface area contributed by atoms with E-state index in [-0.39, 0.29) is 0 Å². The zero-order valence-corrected chi connectivity index (χ0v) is 23.0. The van der Waals surface area contributed by atoms with Crippen molar-refractivity contribution in [2.24, 2.45) is 0 Å². The predicted octanol–water partition coefficient (Wildman–Crippen LogP) is 11.4. The van der Waals surface area contributed by atoms with Crippen LogP contribution in [0.5, 0.6) is 0 Å². The summed E-state index contributed by atoms with van der Waals surface area (Å²) in [6.07, 6.45) is 0. The summed E-state index contributed by atoms with van der Waals surface area (Å²) in [7, 11) is 0. The summed E-state index contributed by atoms with van der Waals surface area (Å²) in [6, 6.07) is 58.2. The minimum atomic E-state index is 0.827. The molecule has 0 N–H and O–H groups in total. The molecule has 0 bridgehead atoms. The first-order valence-electron chi connectivity index (χ1n) is 14.1. The molecule has 0 spiro atoms. The number of hydrogen-bond donors (Lipinski definition) is 0. The van der Waals surface area contributed by atoms with Crippen LogP contribution in [0.4, 0.5) is 0 Å². The molecule has 2 heterocycles. The third kappa shape index (κ3) is 5.39. The Morgan fingerprint density at radius 2 is 0.476 bits per heavy atom. The van der Waals surface area contributed by atoms with Crippen molar-refractivity contribution in [3.8, 4) is 67.5 Å². The molecule has 7 rings (SSSR count). The van der Waals surface area contributed by atoms with Gasteiger partial charge in [-0.1, -0.05) is 91.0 Å². The molecule has 0 aliphatic carbocycles. The monoisotopic (exact) mass is 540 g/mol. The fourth-order valence-corrected chi connectivity index (χ4v) is 5.19. The van der Waals surface area contributed by atoms with Gasteiger partial charge in [0.15, 0.2) is 0 Å². The molecule has 198 valence electrons. The van der Waals surface area contributed by atoms with Gasteiger partial charge in [0.2, 0.25) is 0 Å². The Morgan fingerprint density at radius 1 is 0.214 bits per heavy atom. The lowest BCUT2D eigenvalue weighted by Crippen LogP contribution is -1.88.